The van der Waals surface area contributed by atoms with Crippen molar-refractivity contribution in [3.8, 4) is 0 Å². The molecule has 2 N–H and O–H groups in total. The molecule has 0 aliphatic rings. The van der Waals surface area contributed by atoms with E-state index in [1.54, 1.807) is 60.7 Å². The van der Waals surface area contributed by atoms with E-state index in [4.69, 9.17) is 4.74 Å². The van der Waals surface area contributed by atoms with Crippen LogP contribution in [0.2, 0.25) is 0 Å². The number of hydrogen-bond acceptors (Lipinski definition) is 4. The van der Waals surface area contributed by atoms with Gasteiger partial charge in [-0.25, -0.2) is 9.36 Å². The molecule has 0 aliphatic heterocycles. The standard InChI is InChI=1S/C28H25F3N2O4.ClH/c1-2-23-22(16-25(34)35)21-13-6-7-14-24(21)33(23)27(36)37-26(19-10-4-3-5-11-19)32-17-18-9-8-12-20(15-18)28(29,30)31;/h3-15,26,32H,2,16-17H2,1H3,(H,34,35);1H. The molecule has 0 radical (unpaired) electrons. The van der Waals surface area contributed by atoms with Gasteiger partial charge in [-0.1, -0.05) is 73.7 Å². The number of nitrogens with one attached hydrogen (secondary N) is 1. The van der Waals surface area contributed by atoms with Crippen LogP contribution in [0.3, 0.4) is 0 Å². The predicted octanol–water partition coefficient (Wildman–Crippen LogP) is 6.74. The number of carbonyl (C=O) groups excluding carboxylic acids is 1. The maximum absolute atomic E-state index is 13.5. The van der Waals surface area contributed by atoms with Gasteiger partial charge in [-0.2, -0.15) is 13.2 Å². The van der Waals surface area contributed by atoms with Gasteiger partial charge >= 0.3 is 18.2 Å². The summed E-state index contributed by atoms with van der Waals surface area (Å²) in [6.07, 6.45) is -6.03. The van der Waals surface area contributed by atoms with E-state index in [0.717, 1.165) is 12.1 Å². The van der Waals surface area contributed by atoms with E-state index < -0.39 is 30.0 Å². The second-order valence-corrected chi connectivity index (χ2v) is 8.46. The van der Waals surface area contributed by atoms with Crippen molar-refractivity contribution in [1.29, 1.82) is 0 Å². The van der Waals surface area contributed by atoms with Crippen LogP contribution in [-0.4, -0.2) is 21.7 Å². The topological polar surface area (TPSA) is 80.6 Å². The van der Waals surface area contributed by atoms with Crippen LogP contribution in [0.25, 0.3) is 10.9 Å². The molecule has 4 aromatic rings. The van der Waals surface area contributed by atoms with Crippen molar-refractivity contribution in [2.24, 2.45) is 0 Å². The van der Waals surface area contributed by atoms with Gasteiger partial charge in [0.15, 0.2) is 6.23 Å². The fraction of sp³-hybridized carbons (Fsp3) is 0.214. The zero-order valence-electron chi connectivity index (χ0n) is 20.4. The Morgan fingerprint density at radius 3 is 2.34 bits per heavy atom. The first kappa shape index (κ1) is 28.7. The molecule has 10 heteroatoms. The highest BCUT2D eigenvalue weighted by molar-refractivity contribution is 5.95. The highest BCUT2D eigenvalue weighted by Gasteiger charge is 2.30. The molecule has 0 fully saturated rings. The summed E-state index contributed by atoms with van der Waals surface area (Å²) >= 11 is 0. The molecule has 0 saturated carbocycles. The highest BCUT2D eigenvalue weighted by Crippen LogP contribution is 2.31. The largest absolute Gasteiger partial charge is 0.481 e. The Hall–Kier alpha value is -3.82. The van der Waals surface area contributed by atoms with Gasteiger partial charge < -0.3 is 9.84 Å². The third kappa shape index (κ3) is 6.35. The van der Waals surface area contributed by atoms with E-state index in [-0.39, 0.29) is 25.4 Å². The summed E-state index contributed by atoms with van der Waals surface area (Å²) in [5, 5.41) is 13.1. The number of alkyl halides is 3. The van der Waals surface area contributed by atoms with E-state index >= 15 is 0 Å². The second kappa shape index (κ2) is 12.1. The van der Waals surface area contributed by atoms with E-state index in [2.05, 4.69) is 5.32 Å². The average molecular weight is 547 g/mol. The van der Waals surface area contributed by atoms with Gasteiger partial charge in [0, 0.05) is 23.2 Å². The maximum atomic E-state index is 13.5. The number of nitrogens with zero attached hydrogens (tertiary/aromatic N) is 1. The fourth-order valence-corrected chi connectivity index (χ4v) is 4.37. The quantitative estimate of drug-likeness (QED) is 0.239. The lowest BCUT2D eigenvalue weighted by atomic mass is 10.1. The lowest BCUT2D eigenvalue weighted by Gasteiger charge is -2.21. The minimum Gasteiger partial charge on any atom is -0.481 e. The summed E-state index contributed by atoms with van der Waals surface area (Å²) in [5.74, 6) is -1.02. The molecule has 1 aromatic heterocycles. The molecule has 0 amide bonds. The Bertz CT molecular complexity index is 1420. The van der Waals surface area contributed by atoms with E-state index in [9.17, 15) is 27.9 Å². The van der Waals surface area contributed by atoms with Crippen molar-refractivity contribution in [3.63, 3.8) is 0 Å². The first-order chi connectivity index (χ1) is 17.7. The minimum absolute atomic E-state index is 0. The molecular weight excluding hydrogens is 521 g/mol. The summed E-state index contributed by atoms with van der Waals surface area (Å²) in [4.78, 5) is 25.0. The number of aromatic nitrogens is 1. The van der Waals surface area contributed by atoms with Gasteiger partial charge in [-0.15, -0.1) is 12.4 Å². The van der Waals surface area contributed by atoms with Crippen molar-refractivity contribution in [1.82, 2.24) is 9.88 Å². The van der Waals surface area contributed by atoms with Crippen LogP contribution in [0.4, 0.5) is 18.0 Å². The van der Waals surface area contributed by atoms with Crippen molar-refractivity contribution in [3.05, 3.63) is 107 Å². The number of para-hydroxylation sites is 1. The molecule has 1 unspecified atom stereocenters. The van der Waals surface area contributed by atoms with Gasteiger partial charge in [-0.3, -0.25) is 10.1 Å². The summed E-state index contributed by atoms with van der Waals surface area (Å²) in [7, 11) is 0. The van der Waals surface area contributed by atoms with Gasteiger partial charge in [0.25, 0.3) is 0 Å². The lowest BCUT2D eigenvalue weighted by Crippen LogP contribution is -2.29. The van der Waals surface area contributed by atoms with Gasteiger partial charge in [0.2, 0.25) is 0 Å². The van der Waals surface area contributed by atoms with Crippen molar-refractivity contribution >= 4 is 35.4 Å². The number of benzene rings is 3. The second-order valence-electron chi connectivity index (χ2n) is 8.46. The Balaban J connectivity index is 0.00000400. The maximum Gasteiger partial charge on any atom is 0.420 e. The molecule has 6 nitrogen and oxygen atoms in total. The van der Waals surface area contributed by atoms with Crippen molar-refractivity contribution < 1.29 is 32.6 Å². The predicted molar refractivity (Wildman–Crippen MR) is 139 cm³/mol. The summed E-state index contributed by atoms with van der Waals surface area (Å²) in [6.45, 7) is 1.83. The number of aliphatic carboxylic acids is 1. The van der Waals surface area contributed by atoms with E-state index in [0.29, 0.717) is 39.7 Å². The third-order valence-corrected chi connectivity index (χ3v) is 6.00. The summed E-state index contributed by atoms with van der Waals surface area (Å²) in [5.41, 5.74) is 1.79. The first-order valence-corrected chi connectivity index (χ1v) is 11.7. The zero-order chi connectivity index (χ0) is 26.6. The molecule has 0 spiro atoms. The monoisotopic (exact) mass is 546 g/mol. The molecule has 200 valence electrons. The number of carbonyl (C=O) groups is 2. The number of rotatable bonds is 8. The zero-order valence-corrected chi connectivity index (χ0v) is 21.2. The summed E-state index contributed by atoms with van der Waals surface area (Å²) < 4.78 is 46.7. The summed E-state index contributed by atoms with van der Waals surface area (Å²) in [6, 6.07) is 20.7. The Morgan fingerprint density at radius 2 is 1.68 bits per heavy atom. The average Bonchev–Trinajstić information content (AvgIpc) is 3.19. The number of ether oxygens (including phenoxy) is 1. The van der Waals surface area contributed by atoms with Crippen molar-refractivity contribution in [2.45, 2.75) is 38.7 Å². The van der Waals surface area contributed by atoms with Gasteiger partial charge in [0.05, 0.1) is 17.5 Å². The van der Waals surface area contributed by atoms with Crippen molar-refractivity contribution in [2.75, 3.05) is 0 Å². The van der Waals surface area contributed by atoms with Crippen LogP contribution in [0.15, 0.2) is 78.9 Å². The van der Waals surface area contributed by atoms with Gasteiger partial charge in [0.1, 0.15) is 0 Å². The van der Waals surface area contributed by atoms with E-state index in [1.165, 1.54) is 10.6 Å². The lowest BCUT2D eigenvalue weighted by molar-refractivity contribution is -0.138. The number of fused-ring (bicyclic) bond motifs is 1. The highest BCUT2D eigenvalue weighted by atomic mass is 35.5. The molecule has 3 aromatic carbocycles. The van der Waals surface area contributed by atoms with Crippen LogP contribution in [0.1, 0.15) is 41.1 Å². The number of hydrogen-bond donors (Lipinski definition) is 2. The Kier molecular flexibility index (Phi) is 9.19. The smallest absolute Gasteiger partial charge is 0.420 e. The molecule has 0 bridgehead atoms. The normalized spacial score (nSPS) is 12.1. The van der Waals surface area contributed by atoms with Crippen LogP contribution in [0.5, 0.6) is 0 Å². The van der Waals surface area contributed by atoms with Gasteiger partial charge in [-0.05, 0) is 29.7 Å². The molecular formula is C28H26ClF3N2O4. The molecule has 1 heterocycles. The van der Waals surface area contributed by atoms with Crippen LogP contribution < -0.4 is 5.32 Å². The molecule has 38 heavy (non-hydrogen) atoms. The Morgan fingerprint density at radius 1 is 1.00 bits per heavy atom. The minimum atomic E-state index is -4.47. The molecule has 4 rings (SSSR count). The van der Waals surface area contributed by atoms with Crippen LogP contribution in [-0.2, 0) is 35.1 Å². The fourth-order valence-electron chi connectivity index (χ4n) is 4.37. The van der Waals surface area contributed by atoms with Crippen LogP contribution >= 0.6 is 12.4 Å². The number of carboxylic acid groups (broad SMARTS) is 1. The SMILES string of the molecule is CCc1c(CC(=O)O)c2ccccc2n1C(=O)OC(NCc1cccc(C(F)(F)F)c1)c1ccccc1.Cl. The Labute approximate surface area is 223 Å². The molecule has 0 aliphatic carbocycles. The number of halogens is 4. The molecule has 1 atom stereocenters. The van der Waals surface area contributed by atoms with E-state index in [1.807, 2.05) is 6.92 Å². The van der Waals surface area contributed by atoms with Crippen LogP contribution in [0, 0.1) is 0 Å². The number of carboxylic acids is 1. The molecule has 0 saturated heterocycles. The third-order valence-electron chi connectivity index (χ3n) is 6.00. The first-order valence-electron chi connectivity index (χ1n) is 11.7.